The van der Waals surface area contributed by atoms with E-state index < -0.39 is 0 Å². The molecule has 1 nitrogen and oxygen atoms in total. The largest absolute Gasteiger partial charge is 0.312 e. The molecule has 0 saturated carbocycles. The van der Waals surface area contributed by atoms with Gasteiger partial charge in [-0.1, -0.05) is 6.92 Å². The number of hydrogen-bond acceptors (Lipinski definition) is 2. The average Bonchev–Trinajstić information content (AvgIpc) is 1.80. The van der Waals surface area contributed by atoms with E-state index >= 15 is 0 Å². The maximum atomic E-state index is 3.42. The molecule has 3 atom stereocenters. The molecule has 0 radical (unpaired) electrons. The van der Waals surface area contributed by atoms with Crippen LogP contribution in [-0.4, -0.2) is 23.6 Å². The molecule has 0 aliphatic carbocycles. The van der Waals surface area contributed by atoms with E-state index in [9.17, 15) is 0 Å². The molecule has 1 unspecified atom stereocenters. The molecule has 2 saturated heterocycles. The average molecular weight is 129 g/mol. The minimum Gasteiger partial charge on any atom is -0.312 e. The number of nitrogens with one attached hydrogen (secondary N) is 1. The molecule has 2 aliphatic heterocycles. The van der Waals surface area contributed by atoms with E-state index in [1.807, 2.05) is 0 Å². The van der Waals surface area contributed by atoms with E-state index in [4.69, 9.17) is 0 Å². The van der Waals surface area contributed by atoms with Crippen LogP contribution in [0.15, 0.2) is 0 Å². The summed E-state index contributed by atoms with van der Waals surface area (Å²) in [6, 6.07) is 0.884. The first-order chi connectivity index (χ1) is 3.88. The van der Waals surface area contributed by atoms with Crippen LogP contribution in [0.4, 0.5) is 0 Å². The maximum Gasteiger partial charge on any atom is 0.0209 e. The van der Waals surface area contributed by atoms with E-state index in [0.29, 0.717) is 0 Å². The molecule has 0 aromatic carbocycles. The van der Waals surface area contributed by atoms with Crippen LogP contribution in [-0.2, 0) is 0 Å². The molecule has 0 bridgehead atoms. The van der Waals surface area contributed by atoms with Crippen molar-refractivity contribution in [2.45, 2.75) is 18.2 Å². The summed E-state index contributed by atoms with van der Waals surface area (Å²) in [5.41, 5.74) is 0. The molecule has 0 aromatic rings. The molecule has 2 aliphatic rings. The molecule has 46 valence electrons. The van der Waals surface area contributed by atoms with Crippen LogP contribution >= 0.6 is 11.8 Å². The third kappa shape index (κ3) is 0.531. The predicted octanol–water partition coefficient (Wildman–Crippen LogP) is 0.710. The molecule has 2 heterocycles. The zero-order chi connectivity index (χ0) is 5.56. The molecule has 2 heteroatoms. The molecule has 0 amide bonds. The van der Waals surface area contributed by atoms with Gasteiger partial charge in [0.25, 0.3) is 0 Å². The zero-order valence-electron chi connectivity index (χ0n) is 5.05. The second kappa shape index (κ2) is 1.64. The van der Waals surface area contributed by atoms with Gasteiger partial charge in [-0.3, -0.25) is 0 Å². The van der Waals surface area contributed by atoms with E-state index in [1.165, 1.54) is 12.3 Å². The van der Waals surface area contributed by atoms with E-state index in [0.717, 1.165) is 17.2 Å². The van der Waals surface area contributed by atoms with Crippen molar-refractivity contribution in [3.63, 3.8) is 0 Å². The van der Waals surface area contributed by atoms with Gasteiger partial charge in [0.2, 0.25) is 0 Å². The first-order valence-corrected chi connectivity index (χ1v) is 4.28. The van der Waals surface area contributed by atoms with Crippen molar-refractivity contribution >= 4 is 11.8 Å². The Balaban J connectivity index is 2.05. The van der Waals surface area contributed by atoms with Crippen molar-refractivity contribution in [1.82, 2.24) is 5.32 Å². The van der Waals surface area contributed by atoms with Crippen LogP contribution in [0.3, 0.4) is 0 Å². The summed E-state index contributed by atoms with van der Waals surface area (Å²) in [6.07, 6.45) is 0. The molecule has 0 spiro atoms. The fourth-order valence-corrected chi connectivity index (χ4v) is 2.88. The molecule has 2 fully saturated rings. The SMILES string of the molecule is C[C@@H]1SC[C@H]2NCC12. The van der Waals surface area contributed by atoms with Crippen LogP contribution in [0.1, 0.15) is 6.92 Å². The highest BCUT2D eigenvalue weighted by Gasteiger charge is 2.39. The van der Waals surface area contributed by atoms with Crippen molar-refractivity contribution < 1.29 is 0 Å². The number of rotatable bonds is 0. The smallest absolute Gasteiger partial charge is 0.0209 e. The Bertz CT molecular complexity index is 98.7. The van der Waals surface area contributed by atoms with Crippen molar-refractivity contribution in [2.24, 2.45) is 5.92 Å². The van der Waals surface area contributed by atoms with Crippen molar-refractivity contribution in [3.05, 3.63) is 0 Å². The summed E-state index contributed by atoms with van der Waals surface area (Å²) in [5.74, 6) is 2.37. The second-order valence-electron chi connectivity index (χ2n) is 2.72. The van der Waals surface area contributed by atoms with E-state index in [2.05, 4.69) is 24.0 Å². The summed E-state index contributed by atoms with van der Waals surface area (Å²) in [6.45, 7) is 3.62. The van der Waals surface area contributed by atoms with Gasteiger partial charge in [0.05, 0.1) is 0 Å². The third-order valence-electron chi connectivity index (χ3n) is 2.27. The van der Waals surface area contributed by atoms with Gasteiger partial charge in [0.15, 0.2) is 0 Å². The Morgan fingerprint density at radius 2 is 2.50 bits per heavy atom. The summed E-state index contributed by atoms with van der Waals surface area (Å²) >= 11 is 2.11. The topological polar surface area (TPSA) is 12.0 Å². The van der Waals surface area contributed by atoms with Gasteiger partial charge >= 0.3 is 0 Å². The normalized spacial score (nSPS) is 52.9. The quantitative estimate of drug-likeness (QED) is 0.517. The van der Waals surface area contributed by atoms with E-state index in [-0.39, 0.29) is 0 Å². The number of hydrogen-bond donors (Lipinski definition) is 1. The fraction of sp³-hybridized carbons (Fsp3) is 1.00. The highest BCUT2D eigenvalue weighted by molar-refractivity contribution is 8.00. The van der Waals surface area contributed by atoms with Crippen LogP contribution < -0.4 is 5.32 Å². The summed E-state index contributed by atoms with van der Waals surface area (Å²) in [4.78, 5) is 0. The van der Waals surface area contributed by atoms with Crippen LogP contribution in [0.25, 0.3) is 0 Å². The zero-order valence-corrected chi connectivity index (χ0v) is 5.87. The Morgan fingerprint density at radius 3 is 2.75 bits per heavy atom. The lowest BCUT2D eigenvalue weighted by Gasteiger charge is -2.33. The van der Waals surface area contributed by atoms with Crippen LogP contribution in [0.2, 0.25) is 0 Å². The minimum absolute atomic E-state index is 0.884. The van der Waals surface area contributed by atoms with Crippen molar-refractivity contribution in [2.75, 3.05) is 12.3 Å². The first-order valence-electron chi connectivity index (χ1n) is 3.23. The molecule has 8 heavy (non-hydrogen) atoms. The van der Waals surface area contributed by atoms with Gasteiger partial charge in [-0.05, 0) is 5.92 Å². The molecule has 0 aromatic heterocycles. The fourth-order valence-electron chi connectivity index (χ4n) is 1.48. The van der Waals surface area contributed by atoms with Gasteiger partial charge in [-0.2, -0.15) is 11.8 Å². The Hall–Kier alpha value is 0.310. The van der Waals surface area contributed by atoms with E-state index in [1.54, 1.807) is 0 Å². The second-order valence-corrected chi connectivity index (χ2v) is 4.13. The summed E-state index contributed by atoms with van der Waals surface area (Å²) in [5, 5.41) is 4.35. The summed E-state index contributed by atoms with van der Waals surface area (Å²) in [7, 11) is 0. The monoisotopic (exact) mass is 129 g/mol. The Kier molecular flexibility index (Phi) is 1.05. The third-order valence-corrected chi connectivity index (χ3v) is 3.70. The Morgan fingerprint density at radius 1 is 1.62 bits per heavy atom. The van der Waals surface area contributed by atoms with Gasteiger partial charge in [-0.15, -0.1) is 0 Å². The highest BCUT2D eigenvalue weighted by Crippen LogP contribution is 2.36. The lowest BCUT2D eigenvalue weighted by Crippen LogP contribution is -2.53. The molecular weight excluding hydrogens is 118 g/mol. The van der Waals surface area contributed by atoms with Crippen molar-refractivity contribution in [1.29, 1.82) is 0 Å². The standard InChI is InChI=1S/C6H11NS/c1-4-5-2-7-6(5)3-8-4/h4-7H,2-3H2,1H3/t4-,5?,6+/m0/s1. The van der Waals surface area contributed by atoms with Gasteiger partial charge in [0.1, 0.15) is 0 Å². The van der Waals surface area contributed by atoms with Gasteiger partial charge in [0, 0.05) is 23.6 Å². The molecule has 1 N–H and O–H groups in total. The molecule has 2 rings (SSSR count). The Labute approximate surface area is 54.2 Å². The van der Waals surface area contributed by atoms with Gasteiger partial charge in [-0.25, -0.2) is 0 Å². The first kappa shape index (κ1) is 5.12. The number of thioether (sulfide) groups is 1. The number of fused-ring (bicyclic) bond motifs is 1. The lowest BCUT2D eigenvalue weighted by molar-refractivity contribution is 0.270. The predicted molar refractivity (Wildman–Crippen MR) is 37.2 cm³/mol. The van der Waals surface area contributed by atoms with Crippen molar-refractivity contribution in [3.8, 4) is 0 Å². The van der Waals surface area contributed by atoms with Crippen LogP contribution in [0.5, 0.6) is 0 Å². The van der Waals surface area contributed by atoms with Crippen LogP contribution in [0, 0.1) is 5.92 Å². The lowest BCUT2D eigenvalue weighted by atomic mass is 9.91. The maximum absolute atomic E-state index is 3.42. The van der Waals surface area contributed by atoms with Gasteiger partial charge < -0.3 is 5.32 Å². The summed E-state index contributed by atoms with van der Waals surface area (Å²) < 4.78 is 0. The molecular formula is C6H11NS. The highest BCUT2D eigenvalue weighted by atomic mass is 32.2. The minimum atomic E-state index is 0.884.